The molecule has 2 aliphatic rings. The second kappa shape index (κ2) is 7.23. The highest BCUT2D eigenvalue weighted by atomic mass is 32.2. The van der Waals surface area contributed by atoms with E-state index in [0.29, 0.717) is 32.0 Å². The number of fused-ring (bicyclic) bond motifs is 1. The summed E-state index contributed by atoms with van der Waals surface area (Å²) in [5.41, 5.74) is 1.07. The third-order valence-electron chi connectivity index (χ3n) is 4.86. The lowest BCUT2D eigenvalue weighted by Gasteiger charge is -2.34. The molecule has 1 amide bonds. The molecule has 3 rings (SSSR count). The lowest BCUT2D eigenvalue weighted by Crippen LogP contribution is -2.43. The van der Waals surface area contributed by atoms with Crippen LogP contribution in [0.2, 0.25) is 0 Å². The first-order chi connectivity index (χ1) is 11.5. The fourth-order valence-electron chi connectivity index (χ4n) is 3.10. The van der Waals surface area contributed by atoms with Crippen LogP contribution in [0.3, 0.4) is 0 Å². The van der Waals surface area contributed by atoms with E-state index in [0.717, 1.165) is 12.2 Å². The van der Waals surface area contributed by atoms with Crippen molar-refractivity contribution in [3.63, 3.8) is 0 Å². The first-order valence-corrected chi connectivity index (χ1v) is 10.5. The van der Waals surface area contributed by atoms with E-state index in [1.807, 2.05) is 6.20 Å². The number of nitrogens with one attached hydrogen (secondary N) is 1. The maximum Gasteiger partial charge on any atom is 0.220 e. The van der Waals surface area contributed by atoms with Gasteiger partial charge in [0.05, 0.1) is 23.8 Å². The summed E-state index contributed by atoms with van der Waals surface area (Å²) in [5, 5.41) is 3.03. The third kappa shape index (κ3) is 4.57. The van der Waals surface area contributed by atoms with Crippen molar-refractivity contribution in [2.75, 3.05) is 31.1 Å². The molecule has 1 aliphatic carbocycles. The van der Waals surface area contributed by atoms with E-state index in [9.17, 15) is 13.2 Å². The minimum absolute atomic E-state index is 0.101. The van der Waals surface area contributed by atoms with Gasteiger partial charge in [0.1, 0.15) is 0 Å². The van der Waals surface area contributed by atoms with Crippen molar-refractivity contribution < 1.29 is 13.2 Å². The fraction of sp³-hybridized carbons (Fsp3) is 0.750. The number of hydrogen-bond acceptors (Lipinski definition) is 5. The van der Waals surface area contributed by atoms with Crippen molar-refractivity contribution in [3.05, 3.63) is 18.2 Å². The number of hydrogen-bond donors (Lipinski definition) is 1. The molecule has 1 aromatic rings. The monoisotopic (exact) mass is 354 g/mol. The van der Waals surface area contributed by atoms with E-state index in [2.05, 4.69) is 19.8 Å². The Kier molecular flexibility index (Phi) is 5.24. The van der Waals surface area contributed by atoms with Crippen LogP contribution in [0.1, 0.15) is 37.9 Å². The number of carbonyl (C=O) groups is 1. The Morgan fingerprint density at radius 2 is 2.21 bits per heavy atom. The summed E-state index contributed by atoms with van der Waals surface area (Å²) in [5.74, 6) is 1.05. The predicted molar refractivity (Wildman–Crippen MR) is 91.2 cm³/mol. The predicted octanol–water partition coefficient (Wildman–Crippen LogP) is 0.591. The van der Waals surface area contributed by atoms with Gasteiger partial charge in [-0.2, -0.15) is 0 Å². The lowest BCUT2D eigenvalue weighted by atomic mass is 10.1. The maximum absolute atomic E-state index is 11.9. The van der Waals surface area contributed by atoms with Crippen LogP contribution in [-0.4, -0.2) is 59.9 Å². The van der Waals surface area contributed by atoms with Gasteiger partial charge in [-0.3, -0.25) is 9.69 Å². The van der Waals surface area contributed by atoms with Crippen LogP contribution in [0, 0.1) is 5.92 Å². The Hall–Kier alpha value is -1.41. The van der Waals surface area contributed by atoms with Crippen LogP contribution < -0.4 is 5.32 Å². The molecule has 8 heteroatoms. The van der Waals surface area contributed by atoms with Gasteiger partial charge in [-0.25, -0.2) is 13.4 Å². The van der Waals surface area contributed by atoms with Crippen molar-refractivity contribution in [2.24, 2.45) is 5.92 Å². The number of nitrogens with zero attached hydrogens (tertiary/aromatic N) is 3. The highest BCUT2D eigenvalue weighted by Gasteiger charge is 2.28. The third-order valence-corrected chi connectivity index (χ3v) is 6.54. The zero-order chi connectivity index (χ0) is 17.2. The fourth-order valence-corrected chi connectivity index (χ4v) is 3.92. The van der Waals surface area contributed by atoms with Gasteiger partial charge in [-0.05, 0) is 18.8 Å². The molecule has 134 valence electrons. The molecule has 7 nitrogen and oxygen atoms in total. The minimum Gasteiger partial charge on any atom is -0.354 e. The Labute approximate surface area is 143 Å². The molecule has 1 atom stereocenters. The number of sulfone groups is 1. The molecule has 2 heterocycles. The van der Waals surface area contributed by atoms with Crippen molar-refractivity contribution in [1.29, 1.82) is 0 Å². The molecule has 0 saturated heterocycles. The van der Waals surface area contributed by atoms with Gasteiger partial charge in [0.15, 0.2) is 9.84 Å². The zero-order valence-corrected chi connectivity index (χ0v) is 15.0. The first kappa shape index (κ1) is 17.4. The molecular weight excluding hydrogens is 328 g/mol. The molecule has 0 spiro atoms. The van der Waals surface area contributed by atoms with Crippen molar-refractivity contribution in [2.45, 2.75) is 38.8 Å². The number of rotatable bonds is 8. The number of carbonyl (C=O) groups excluding carboxylic acids is 1. The topological polar surface area (TPSA) is 84.3 Å². The van der Waals surface area contributed by atoms with Crippen LogP contribution in [-0.2, 0) is 21.2 Å². The smallest absolute Gasteiger partial charge is 0.220 e. The number of imidazole rings is 1. The number of amides is 1. The molecule has 1 aromatic heterocycles. The highest BCUT2D eigenvalue weighted by Crippen LogP contribution is 2.32. The average Bonchev–Trinajstić information content (AvgIpc) is 3.24. The van der Waals surface area contributed by atoms with Gasteiger partial charge in [-0.15, -0.1) is 0 Å². The quantitative estimate of drug-likeness (QED) is 0.739. The molecule has 1 aliphatic heterocycles. The lowest BCUT2D eigenvalue weighted by molar-refractivity contribution is -0.121. The van der Waals surface area contributed by atoms with Gasteiger partial charge in [0.25, 0.3) is 0 Å². The van der Waals surface area contributed by atoms with E-state index in [4.69, 9.17) is 0 Å². The SMILES string of the molecule is CCS(=O)(=O)CCN1Cc2cncn2[C@H](CNC(=O)CC2CC2)C1. The average molecular weight is 354 g/mol. The van der Waals surface area contributed by atoms with Crippen molar-refractivity contribution in [3.8, 4) is 0 Å². The second-order valence-electron chi connectivity index (χ2n) is 6.87. The Bertz CT molecular complexity index is 681. The van der Waals surface area contributed by atoms with Gasteiger partial charge in [0.2, 0.25) is 5.91 Å². The van der Waals surface area contributed by atoms with E-state index in [1.165, 1.54) is 12.8 Å². The first-order valence-electron chi connectivity index (χ1n) is 8.67. The molecule has 1 saturated carbocycles. The molecule has 0 aromatic carbocycles. The van der Waals surface area contributed by atoms with E-state index < -0.39 is 9.84 Å². The Balaban J connectivity index is 1.57. The summed E-state index contributed by atoms with van der Waals surface area (Å²) in [6.45, 7) is 4.19. The summed E-state index contributed by atoms with van der Waals surface area (Å²) in [4.78, 5) is 18.3. The minimum atomic E-state index is -2.97. The summed E-state index contributed by atoms with van der Waals surface area (Å²) >= 11 is 0. The largest absolute Gasteiger partial charge is 0.354 e. The van der Waals surface area contributed by atoms with E-state index >= 15 is 0 Å². The van der Waals surface area contributed by atoms with E-state index in [1.54, 1.807) is 13.3 Å². The van der Waals surface area contributed by atoms with E-state index in [-0.39, 0.29) is 23.5 Å². The van der Waals surface area contributed by atoms with Crippen molar-refractivity contribution >= 4 is 15.7 Å². The van der Waals surface area contributed by atoms with Crippen LogP contribution >= 0.6 is 0 Å². The second-order valence-corrected chi connectivity index (χ2v) is 9.34. The van der Waals surface area contributed by atoms with Gasteiger partial charge < -0.3 is 9.88 Å². The van der Waals surface area contributed by atoms with Crippen molar-refractivity contribution in [1.82, 2.24) is 19.8 Å². The molecule has 24 heavy (non-hydrogen) atoms. The summed E-state index contributed by atoms with van der Waals surface area (Å²) in [7, 11) is -2.97. The zero-order valence-electron chi connectivity index (χ0n) is 14.1. The standard InChI is InChI=1S/C16H26N4O3S/c1-2-24(22,23)6-5-19-10-14-8-17-12-20(14)15(11-19)9-18-16(21)7-13-3-4-13/h8,12-13,15H,2-7,9-11H2,1H3,(H,18,21)/t15-/m1/s1. The molecule has 1 fully saturated rings. The Morgan fingerprint density at radius 1 is 1.42 bits per heavy atom. The molecular formula is C16H26N4O3S. The summed E-state index contributed by atoms with van der Waals surface area (Å²) in [6.07, 6.45) is 6.58. The van der Waals surface area contributed by atoms with Crippen LogP contribution in [0.5, 0.6) is 0 Å². The van der Waals surface area contributed by atoms with Gasteiger partial charge >= 0.3 is 0 Å². The highest BCUT2D eigenvalue weighted by molar-refractivity contribution is 7.91. The normalized spacial score (nSPS) is 21.5. The molecule has 1 N–H and O–H groups in total. The summed E-state index contributed by atoms with van der Waals surface area (Å²) in [6, 6.07) is 0.101. The van der Waals surface area contributed by atoms with Gasteiger partial charge in [-0.1, -0.05) is 6.92 Å². The molecule has 0 unspecified atom stereocenters. The van der Waals surface area contributed by atoms with Crippen LogP contribution in [0.4, 0.5) is 0 Å². The van der Waals surface area contributed by atoms with Gasteiger partial charge in [0, 0.05) is 44.5 Å². The maximum atomic E-state index is 11.9. The number of aromatic nitrogens is 2. The molecule has 0 bridgehead atoms. The molecule has 0 radical (unpaired) electrons. The van der Waals surface area contributed by atoms with Crippen LogP contribution in [0.15, 0.2) is 12.5 Å². The summed E-state index contributed by atoms with van der Waals surface area (Å²) < 4.78 is 25.6. The van der Waals surface area contributed by atoms with Crippen LogP contribution in [0.25, 0.3) is 0 Å². The Morgan fingerprint density at radius 3 is 2.92 bits per heavy atom.